The molecule has 0 aliphatic carbocycles. The molecule has 2 fully saturated rings. The maximum atomic E-state index is 13.7. The molecule has 2 heterocycles. The smallest absolute Gasteiger partial charge is 0.257 e. The molecule has 2 saturated heterocycles. The molecule has 0 N–H and O–H groups in total. The van der Waals surface area contributed by atoms with E-state index in [1.807, 2.05) is 51.1 Å². The zero-order chi connectivity index (χ0) is 26.7. The molecule has 6 heteroatoms. The highest BCUT2D eigenvalue weighted by atomic mass is 16.2. The van der Waals surface area contributed by atoms with Crippen LogP contribution in [-0.4, -0.2) is 52.7 Å². The van der Waals surface area contributed by atoms with E-state index in [2.05, 4.69) is 43.0 Å². The lowest BCUT2D eigenvalue weighted by molar-refractivity contribution is -0.143. The van der Waals surface area contributed by atoms with E-state index in [1.54, 1.807) is 4.90 Å². The minimum atomic E-state index is -0.738. The van der Waals surface area contributed by atoms with Gasteiger partial charge in [0, 0.05) is 32.1 Å². The number of nitrogens with zero attached hydrogens (tertiary/aromatic N) is 3. The monoisotopic (exact) mass is 503 g/mol. The Bertz CT molecular complexity index is 1100. The van der Waals surface area contributed by atoms with E-state index < -0.39 is 6.04 Å². The van der Waals surface area contributed by atoms with Crippen molar-refractivity contribution in [1.29, 1.82) is 0 Å². The summed E-state index contributed by atoms with van der Waals surface area (Å²) < 4.78 is 0. The SMILES string of the molecule is CC(C)c1ccc(N2C(=O)CC(N(C(=O)CC(C)(C)C)C3CCN(Cc4ccccc4)CC3)C2=O)cc1. The van der Waals surface area contributed by atoms with Crippen molar-refractivity contribution in [1.82, 2.24) is 9.80 Å². The molecule has 37 heavy (non-hydrogen) atoms. The number of hydrogen-bond donors (Lipinski definition) is 0. The van der Waals surface area contributed by atoms with Crippen molar-refractivity contribution in [2.24, 2.45) is 5.41 Å². The largest absolute Gasteiger partial charge is 0.327 e. The lowest BCUT2D eigenvalue weighted by atomic mass is 9.90. The number of carbonyl (C=O) groups excluding carboxylic acids is 3. The maximum Gasteiger partial charge on any atom is 0.257 e. The first kappa shape index (κ1) is 27.1. The first-order valence-corrected chi connectivity index (χ1v) is 13.6. The Morgan fingerprint density at radius 3 is 2.16 bits per heavy atom. The summed E-state index contributed by atoms with van der Waals surface area (Å²) in [6, 6.07) is 17.2. The van der Waals surface area contributed by atoms with E-state index >= 15 is 0 Å². The van der Waals surface area contributed by atoms with Crippen LogP contribution in [0.5, 0.6) is 0 Å². The Kier molecular flexibility index (Phi) is 8.17. The fourth-order valence-electron chi connectivity index (χ4n) is 5.49. The van der Waals surface area contributed by atoms with Crippen molar-refractivity contribution >= 4 is 23.4 Å². The number of carbonyl (C=O) groups is 3. The van der Waals surface area contributed by atoms with E-state index in [-0.39, 0.29) is 35.6 Å². The van der Waals surface area contributed by atoms with Gasteiger partial charge in [-0.25, -0.2) is 4.90 Å². The van der Waals surface area contributed by atoms with Crippen LogP contribution in [0.3, 0.4) is 0 Å². The van der Waals surface area contributed by atoms with Gasteiger partial charge in [-0.1, -0.05) is 77.1 Å². The Hall–Kier alpha value is -2.99. The van der Waals surface area contributed by atoms with Crippen molar-refractivity contribution < 1.29 is 14.4 Å². The fraction of sp³-hybridized carbons (Fsp3) is 0.516. The van der Waals surface area contributed by atoms with Gasteiger partial charge in [0.05, 0.1) is 12.1 Å². The summed E-state index contributed by atoms with van der Waals surface area (Å²) in [6.45, 7) is 12.9. The standard InChI is InChI=1S/C31H41N3O3/c1-22(2)24-11-13-25(14-12-24)34-28(35)19-27(30(34)37)33(29(36)20-31(3,4)5)26-15-17-32(18-16-26)21-23-9-7-6-8-10-23/h6-14,22,26-27H,15-21H2,1-5H3. The van der Waals surface area contributed by atoms with E-state index in [0.29, 0.717) is 18.0 Å². The van der Waals surface area contributed by atoms with Gasteiger partial charge in [-0.15, -0.1) is 0 Å². The van der Waals surface area contributed by atoms with Crippen LogP contribution in [0, 0.1) is 5.41 Å². The summed E-state index contributed by atoms with van der Waals surface area (Å²) in [4.78, 5) is 46.0. The number of anilines is 1. The molecule has 0 saturated carbocycles. The molecule has 0 aromatic heterocycles. The summed E-state index contributed by atoms with van der Waals surface area (Å²) in [6.07, 6.45) is 1.98. The molecule has 2 aliphatic heterocycles. The first-order chi connectivity index (χ1) is 17.5. The molecule has 4 rings (SSSR count). The summed E-state index contributed by atoms with van der Waals surface area (Å²) >= 11 is 0. The highest BCUT2D eigenvalue weighted by Crippen LogP contribution is 2.32. The Morgan fingerprint density at radius 1 is 0.973 bits per heavy atom. The van der Waals surface area contributed by atoms with E-state index in [4.69, 9.17) is 0 Å². The van der Waals surface area contributed by atoms with Crippen LogP contribution in [0.1, 0.15) is 77.3 Å². The number of piperidine rings is 1. The van der Waals surface area contributed by atoms with E-state index in [1.165, 1.54) is 10.5 Å². The summed E-state index contributed by atoms with van der Waals surface area (Å²) in [7, 11) is 0. The van der Waals surface area contributed by atoms with Gasteiger partial charge in [-0.05, 0) is 47.4 Å². The number of benzene rings is 2. The third kappa shape index (κ3) is 6.48. The molecule has 198 valence electrons. The highest BCUT2D eigenvalue weighted by Gasteiger charge is 2.47. The number of imide groups is 1. The predicted octanol–water partition coefficient (Wildman–Crippen LogP) is 5.37. The van der Waals surface area contributed by atoms with Crippen LogP contribution in [0.2, 0.25) is 0 Å². The van der Waals surface area contributed by atoms with Gasteiger partial charge in [0.2, 0.25) is 11.8 Å². The second-order valence-corrected chi connectivity index (χ2v) is 12.1. The molecule has 6 nitrogen and oxygen atoms in total. The van der Waals surface area contributed by atoms with Crippen molar-refractivity contribution in [2.75, 3.05) is 18.0 Å². The molecule has 1 unspecified atom stereocenters. The van der Waals surface area contributed by atoms with Crippen molar-refractivity contribution in [3.05, 3.63) is 65.7 Å². The van der Waals surface area contributed by atoms with Gasteiger partial charge in [-0.3, -0.25) is 19.3 Å². The van der Waals surface area contributed by atoms with Crippen LogP contribution in [0.15, 0.2) is 54.6 Å². The number of rotatable bonds is 7. The van der Waals surface area contributed by atoms with Crippen molar-refractivity contribution in [3.63, 3.8) is 0 Å². The van der Waals surface area contributed by atoms with Crippen LogP contribution < -0.4 is 4.90 Å². The third-order valence-corrected chi connectivity index (χ3v) is 7.45. The van der Waals surface area contributed by atoms with Gasteiger partial charge >= 0.3 is 0 Å². The Balaban J connectivity index is 1.52. The van der Waals surface area contributed by atoms with Crippen molar-refractivity contribution in [2.45, 2.75) is 84.8 Å². The molecule has 0 spiro atoms. The van der Waals surface area contributed by atoms with E-state index in [9.17, 15) is 14.4 Å². The zero-order valence-corrected chi connectivity index (χ0v) is 22.9. The van der Waals surface area contributed by atoms with Crippen LogP contribution in [0.25, 0.3) is 0 Å². The fourth-order valence-corrected chi connectivity index (χ4v) is 5.49. The molecule has 1 atom stereocenters. The Morgan fingerprint density at radius 2 is 1.59 bits per heavy atom. The molecular weight excluding hydrogens is 462 g/mol. The number of hydrogen-bond acceptors (Lipinski definition) is 4. The average molecular weight is 504 g/mol. The third-order valence-electron chi connectivity index (χ3n) is 7.45. The molecule has 3 amide bonds. The second-order valence-electron chi connectivity index (χ2n) is 12.1. The van der Waals surface area contributed by atoms with Crippen LogP contribution in [-0.2, 0) is 20.9 Å². The van der Waals surface area contributed by atoms with Gasteiger partial charge in [-0.2, -0.15) is 0 Å². The lowest BCUT2D eigenvalue weighted by Crippen LogP contribution is -2.54. The van der Waals surface area contributed by atoms with Gasteiger partial charge in [0.1, 0.15) is 6.04 Å². The summed E-state index contributed by atoms with van der Waals surface area (Å²) in [5, 5.41) is 0. The van der Waals surface area contributed by atoms with Crippen LogP contribution >= 0.6 is 0 Å². The number of amides is 3. The topological polar surface area (TPSA) is 60.9 Å². The van der Waals surface area contributed by atoms with Crippen LogP contribution in [0.4, 0.5) is 5.69 Å². The average Bonchev–Trinajstić information content (AvgIpc) is 3.13. The van der Waals surface area contributed by atoms with Crippen molar-refractivity contribution in [3.8, 4) is 0 Å². The van der Waals surface area contributed by atoms with E-state index in [0.717, 1.165) is 38.0 Å². The molecule has 0 radical (unpaired) electrons. The molecular formula is C31H41N3O3. The van der Waals surface area contributed by atoms with Gasteiger partial charge in [0.15, 0.2) is 0 Å². The highest BCUT2D eigenvalue weighted by molar-refractivity contribution is 6.23. The Labute approximate surface area is 221 Å². The first-order valence-electron chi connectivity index (χ1n) is 13.6. The second kappa shape index (κ2) is 11.2. The summed E-state index contributed by atoms with van der Waals surface area (Å²) in [5.74, 6) is -0.180. The summed E-state index contributed by atoms with van der Waals surface area (Å²) in [5.41, 5.74) is 2.81. The maximum absolute atomic E-state index is 13.7. The molecule has 0 bridgehead atoms. The quantitative estimate of drug-likeness (QED) is 0.477. The minimum absolute atomic E-state index is 0.0304. The molecule has 2 aromatic carbocycles. The molecule has 2 aliphatic rings. The number of likely N-dealkylation sites (tertiary alicyclic amines) is 1. The normalized spacial score (nSPS) is 19.6. The van der Waals surface area contributed by atoms with Gasteiger partial charge < -0.3 is 4.90 Å². The lowest BCUT2D eigenvalue weighted by Gasteiger charge is -2.41. The predicted molar refractivity (Wildman–Crippen MR) is 147 cm³/mol. The minimum Gasteiger partial charge on any atom is -0.327 e. The zero-order valence-electron chi connectivity index (χ0n) is 22.9. The van der Waals surface area contributed by atoms with Gasteiger partial charge in [0.25, 0.3) is 5.91 Å². The molecule has 2 aromatic rings.